The van der Waals surface area contributed by atoms with Gasteiger partial charge in [0.1, 0.15) is 0 Å². The second-order valence-corrected chi connectivity index (χ2v) is 6.17. The minimum Gasteiger partial charge on any atom is -0.452 e. The van der Waals surface area contributed by atoms with E-state index in [1.165, 1.54) is 6.26 Å². The van der Waals surface area contributed by atoms with Crippen LogP contribution in [-0.2, 0) is 4.74 Å². The van der Waals surface area contributed by atoms with Gasteiger partial charge in [0.05, 0.1) is 24.0 Å². The van der Waals surface area contributed by atoms with Crippen molar-refractivity contribution >= 4 is 17.5 Å². The Balaban J connectivity index is 1.65. The minimum atomic E-state index is -0.316. The smallest absolute Gasteiger partial charge is 0.258 e. The van der Waals surface area contributed by atoms with Gasteiger partial charge in [0.2, 0.25) is 5.22 Å². The Kier molecular flexibility index (Phi) is 3.99. The number of piperidine rings is 1. The van der Waals surface area contributed by atoms with Crippen LogP contribution in [-0.4, -0.2) is 47.8 Å². The SMILES string of the molecule is CCOC1CC(O)C12CCN(C(=O)c1ccoc1Cl)CC2. The second kappa shape index (κ2) is 5.63. The van der Waals surface area contributed by atoms with E-state index in [9.17, 15) is 9.90 Å². The highest BCUT2D eigenvalue weighted by atomic mass is 35.5. The average molecular weight is 314 g/mol. The van der Waals surface area contributed by atoms with Gasteiger partial charge in [0, 0.05) is 31.5 Å². The fraction of sp³-hybridized carbons (Fsp3) is 0.667. The van der Waals surface area contributed by atoms with E-state index in [1.54, 1.807) is 11.0 Å². The Morgan fingerprint density at radius 1 is 1.57 bits per heavy atom. The van der Waals surface area contributed by atoms with Gasteiger partial charge in [-0.2, -0.15) is 0 Å². The van der Waals surface area contributed by atoms with Crippen molar-refractivity contribution in [2.24, 2.45) is 5.41 Å². The Labute approximate surface area is 128 Å². The van der Waals surface area contributed by atoms with Crippen LogP contribution in [0, 0.1) is 5.41 Å². The number of carbonyl (C=O) groups excluding carboxylic acids is 1. The molecule has 1 spiro atoms. The van der Waals surface area contributed by atoms with Gasteiger partial charge in [0.15, 0.2) is 0 Å². The molecule has 5 nitrogen and oxygen atoms in total. The maximum Gasteiger partial charge on any atom is 0.258 e. The quantitative estimate of drug-likeness (QED) is 0.930. The van der Waals surface area contributed by atoms with Crippen molar-refractivity contribution in [1.82, 2.24) is 4.90 Å². The highest BCUT2D eigenvalue weighted by molar-refractivity contribution is 6.32. The molecular weight excluding hydrogens is 294 g/mol. The zero-order valence-electron chi connectivity index (χ0n) is 12.0. The Bertz CT molecular complexity index is 519. The van der Waals surface area contributed by atoms with E-state index in [2.05, 4.69) is 0 Å². The monoisotopic (exact) mass is 313 g/mol. The Morgan fingerprint density at radius 2 is 2.29 bits per heavy atom. The maximum atomic E-state index is 12.4. The molecule has 0 radical (unpaired) electrons. The molecular formula is C15H20ClNO4. The van der Waals surface area contributed by atoms with E-state index in [-0.39, 0.29) is 28.7 Å². The molecule has 6 heteroatoms. The van der Waals surface area contributed by atoms with E-state index >= 15 is 0 Å². The first-order chi connectivity index (χ1) is 10.1. The number of ether oxygens (including phenoxy) is 1. The van der Waals surface area contributed by atoms with E-state index in [4.69, 9.17) is 20.8 Å². The second-order valence-electron chi connectivity index (χ2n) is 5.83. The number of halogens is 1. The molecule has 0 aromatic carbocycles. The standard InChI is InChI=1S/C15H20ClNO4/c1-2-20-12-9-11(18)15(12)4-6-17(7-5-15)14(19)10-3-8-21-13(10)16/h3,8,11-12,18H,2,4-7,9H2,1H3. The fourth-order valence-corrected chi connectivity index (χ4v) is 3.75. The number of furan rings is 1. The summed E-state index contributed by atoms with van der Waals surface area (Å²) in [7, 11) is 0. The summed E-state index contributed by atoms with van der Waals surface area (Å²) in [6.07, 6.45) is 3.45. The van der Waals surface area contributed by atoms with Crippen LogP contribution in [0.4, 0.5) is 0 Å². The van der Waals surface area contributed by atoms with Crippen LogP contribution in [0.15, 0.2) is 16.7 Å². The summed E-state index contributed by atoms with van der Waals surface area (Å²) in [6, 6.07) is 1.59. The number of aliphatic hydroxyl groups is 1. The van der Waals surface area contributed by atoms with Crippen molar-refractivity contribution in [1.29, 1.82) is 0 Å². The summed E-state index contributed by atoms with van der Waals surface area (Å²) in [5, 5.41) is 10.3. The first-order valence-corrected chi connectivity index (χ1v) is 7.78. The van der Waals surface area contributed by atoms with E-state index < -0.39 is 0 Å². The topological polar surface area (TPSA) is 62.9 Å². The predicted octanol–water partition coefficient (Wildman–Crippen LogP) is 2.33. The normalized spacial score (nSPS) is 27.7. The molecule has 1 aromatic rings. The molecule has 1 saturated carbocycles. The summed E-state index contributed by atoms with van der Waals surface area (Å²) in [6.45, 7) is 3.85. The molecule has 2 unspecified atom stereocenters. The molecule has 2 fully saturated rings. The van der Waals surface area contributed by atoms with Crippen LogP contribution in [0.2, 0.25) is 5.22 Å². The number of aliphatic hydroxyl groups excluding tert-OH is 1. The van der Waals surface area contributed by atoms with Crippen molar-refractivity contribution in [2.45, 2.75) is 38.4 Å². The van der Waals surface area contributed by atoms with Gasteiger partial charge in [-0.3, -0.25) is 4.79 Å². The summed E-state index contributed by atoms with van der Waals surface area (Å²) in [5.41, 5.74) is 0.232. The molecule has 2 atom stereocenters. The van der Waals surface area contributed by atoms with Crippen LogP contribution in [0.1, 0.15) is 36.5 Å². The number of nitrogens with zero attached hydrogens (tertiary/aromatic N) is 1. The lowest BCUT2D eigenvalue weighted by Crippen LogP contribution is -2.62. The van der Waals surface area contributed by atoms with Gasteiger partial charge in [0.25, 0.3) is 5.91 Å². The van der Waals surface area contributed by atoms with Gasteiger partial charge in [-0.05, 0) is 37.4 Å². The lowest BCUT2D eigenvalue weighted by Gasteiger charge is -2.56. The number of rotatable bonds is 3. The molecule has 1 N–H and O–H groups in total. The molecule has 1 saturated heterocycles. The van der Waals surface area contributed by atoms with E-state index in [0.717, 1.165) is 12.8 Å². The zero-order chi connectivity index (χ0) is 15.0. The first kappa shape index (κ1) is 14.9. The van der Waals surface area contributed by atoms with Gasteiger partial charge < -0.3 is 19.2 Å². The van der Waals surface area contributed by atoms with Gasteiger partial charge in [-0.25, -0.2) is 0 Å². The zero-order valence-corrected chi connectivity index (χ0v) is 12.8. The highest BCUT2D eigenvalue weighted by Gasteiger charge is 2.56. The average Bonchev–Trinajstić information content (AvgIpc) is 2.92. The summed E-state index contributed by atoms with van der Waals surface area (Å²) in [5.74, 6) is -0.106. The number of hydrogen-bond donors (Lipinski definition) is 1. The highest BCUT2D eigenvalue weighted by Crippen LogP contribution is 2.51. The Hall–Kier alpha value is -1.04. The lowest BCUT2D eigenvalue weighted by atomic mass is 9.58. The molecule has 1 aliphatic heterocycles. The summed E-state index contributed by atoms with van der Waals surface area (Å²) >= 11 is 5.86. The first-order valence-electron chi connectivity index (χ1n) is 7.40. The largest absolute Gasteiger partial charge is 0.452 e. The van der Waals surface area contributed by atoms with Crippen molar-refractivity contribution in [3.63, 3.8) is 0 Å². The van der Waals surface area contributed by atoms with E-state index in [1.807, 2.05) is 6.92 Å². The molecule has 0 bridgehead atoms. The molecule has 3 rings (SSSR count). The van der Waals surface area contributed by atoms with Crippen molar-refractivity contribution in [3.8, 4) is 0 Å². The van der Waals surface area contributed by atoms with Crippen LogP contribution < -0.4 is 0 Å². The summed E-state index contributed by atoms with van der Waals surface area (Å²) in [4.78, 5) is 14.1. The Morgan fingerprint density at radius 3 is 2.81 bits per heavy atom. The predicted molar refractivity (Wildman–Crippen MR) is 77.3 cm³/mol. The molecule has 116 valence electrons. The number of carbonyl (C=O) groups is 1. The number of amides is 1. The molecule has 2 heterocycles. The molecule has 21 heavy (non-hydrogen) atoms. The molecule has 1 amide bonds. The molecule has 1 aliphatic carbocycles. The maximum absolute atomic E-state index is 12.4. The van der Waals surface area contributed by atoms with Gasteiger partial charge >= 0.3 is 0 Å². The van der Waals surface area contributed by atoms with Crippen molar-refractivity contribution < 1.29 is 19.1 Å². The fourth-order valence-electron chi connectivity index (χ4n) is 3.56. The van der Waals surface area contributed by atoms with Crippen molar-refractivity contribution in [3.05, 3.63) is 23.1 Å². The van der Waals surface area contributed by atoms with E-state index in [0.29, 0.717) is 31.7 Å². The lowest BCUT2D eigenvalue weighted by molar-refractivity contribution is -0.207. The molecule has 2 aliphatic rings. The molecule has 1 aromatic heterocycles. The third kappa shape index (κ3) is 2.37. The van der Waals surface area contributed by atoms with Crippen LogP contribution in [0.3, 0.4) is 0 Å². The summed E-state index contributed by atoms with van der Waals surface area (Å²) < 4.78 is 10.7. The van der Waals surface area contributed by atoms with Crippen LogP contribution in [0.25, 0.3) is 0 Å². The van der Waals surface area contributed by atoms with Gasteiger partial charge in [-0.15, -0.1) is 0 Å². The minimum absolute atomic E-state index is 0.106. The van der Waals surface area contributed by atoms with Gasteiger partial charge in [-0.1, -0.05) is 0 Å². The third-order valence-electron chi connectivity index (χ3n) is 4.94. The van der Waals surface area contributed by atoms with Crippen LogP contribution in [0.5, 0.6) is 0 Å². The third-order valence-corrected chi connectivity index (χ3v) is 5.23. The van der Waals surface area contributed by atoms with Crippen molar-refractivity contribution in [2.75, 3.05) is 19.7 Å². The number of hydrogen-bond acceptors (Lipinski definition) is 4. The number of likely N-dealkylation sites (tertiary alicyclic amines) is 1. The van der Waals surface area contributed by atoms with Crippen LogP contribution >= 0.6 is 11.6 Å².